The summed E-state index contributed by atoms with van der Waals surface area (Å²) in [6.07, 6.45) is -2.22. The van der Waals surface area contributed by atoms with Crippen LogP contribution in [-0.2, 0) is 14.8 Å². The number of carbonyl (C=O) groups excluding carboxylic acids is 1. The van der Waals surface area contributed by atoms with E-state index < -0.39 is 53.2 Å². The van der Waals surface area contributed by atoms with E-state index >= 15 is 0 Å². The van der Waals surface area contributed by atoms with Crippen molar-refractivity contribution >= 4 is 15.9 Å². The zero-order valence-corrected chi connectivity index (χ0v) is 19.3. The van der Waals surface area contributed by atoms with E-state index in [0.29, 0.717) is 30.7 Å². The van der Waals surface area contributed by atoms with E-state index in [1.807, 2.05) is 0 Å². The van der Waals surface area contributed by atoms with Crippen molar-refractivity contribution in [3.05, 3.63) is 29.8 Å². The average Bonchev–Trinajstić information content (AvgIpc) is 2.75. The highest BCUT2D eigenvalue weighted by Crippen LogP contribution is 2.37. The van der Waals surface area contributed by atoms with Crippen LogP contribution < -0.4 is 9.46 Å². The lowest BCUT2D eigenvalue weighted by Crippen LogP contribution is -2.48. The number of hydrogen-bond donors (Lipinski definition) is 1. The molecular weight excluding hydrogens is 464 g/mol. The molecule has 1 amide bonds. The van der Waals surface area contributed by atoms with Gasteiger partial charge >= 0.3 is 0 Å². The number of sulfonamides is 1. The molecule has 1 unspecified atom stereocenters. The van der Waals surface area contributed by atoms with Crippen LogP contribution in [0.5, 0.6) is 5.75 Å². The minimum absolute atomic E-state index is 0.0259. The van der Waals surface area contributed by atoms with E-state index in [0.717, 1.165) is 0 Å². The summed E-state index contributed by atoms with van der Waals surface area (Å²) >= 11 is 0. The Bertz CT molecular complexity index is 911. The maximum Gasteiger partial charge on any atom is 0.255 e. The van der Waals surface area contributed by atoms with Crippen molar-refractivity contribution in [3.8, 4) is 5.75 Å². The highest BCUT2D eigenvalue weighted by Gasteiger charge is 2.42. The number of amides is 1. The molecule has 1 aliphatic carbocycles. The molecule has 1 aliphatic heterocycles. The summed E-state index contributed by atoms with van der Waals surface area (Å²) in [4.78, 5) is 13.7. The third kappa shape index (κ3) is 7.05. The van der Waals surface area contributed by atoms with E-state index in [4.69, 9.17) is 4.74 Å². The third-order valence-electron chi connectivity index (χ3n) is 6.30. The molecule has 1 saturated carbocycles. The summed E-state index contributed by atoms with van der Waals surface area (Å²) in [5.74, 6) is -4.14. The van der Waals surface area contributed by atoms with Crippen LogP contribution in [0.25, 0.3) is 0 Å². The first-order chi connectivity index (χ1) is 15.5. The second kappa shape index (κ2) is 10.6. The Labute approximate surface area is 191 Å². The fourth-order valence-corrected chi connectivity index (χ4v) is 5.41. The molecule has 2 aliphatic rings. The molecule has 0 radical (unpaired) electrons. The number of nitrogens with zero attached hydrogens (tertiary/aromatic N) is 1. The Hall–Kier alpha value is -1.88. The first-order valence-corrected chi connectivity index (χ1v) is 12.8. The number of benzene rings is 1. The summed E-state index contributed by atoms with van der Waals surface area (Å²) < 4.78 is 85.4. The highest BCUT2D eigenvalue weighted by atomic mass is 32.2. The van der Waals surface area contributed by atoms with Crippen LogP contribution in [0.1, 0.15) is 50.5 Å². The number of rotatable bonds is 9. The van der Waals surface area contributed by atoms with Crippen LogP contribution in [0.3, 0.4) is 0 Å². The number of piperidine rings is 1. The molecule has 11 heteroatoms. The van der Waals surface area contributed by atoms with E-state index in [9.17, 15) is 30.8 Å². The molecule has 1 aromatic rings. The third-order valence-corrected chi connectivity index (χ3v) is 7.72. The van der Waals surface area contributed by atoms with Crippen LogP contribution in [0, 0.1) is 5.92 Å². The Kier molecular flexibility index (Phi) is 8.26. The smallest absolute Gasteiger partial charge is 0.255 e. The first-order valence-electron chi connectivity index (χ1n) is 11.2. The molecule has 0 bridgehead atoms. The Morgan fingerprint density at radius 3 is 2.55 bits per heavy atom. The van der Waals surface area contributed by atoms with Gasteiger partial charge in [0.25, 0.3) is 6.43 Å². The fourth-order valence-electron chi connectivity index (χ4n) is 4.47. The van der Waals surface area contributed by atoms with Gasteiger partial charge < -0.3 is 9.64 Å². The predicted octanol–water partition coefficient (Wildman–Crippen LogP) is 3.78. The lowest BCUT2D eigenvalue weighted by atomic mass is 9.83. The highest BCUT2D eigenvalue weighted by molar-refractivity contribution is 7.89. The minimum Gasteiger partial charge on any atom is -0.493 e. The molecule has 0 spiro atoms. The monoisotopic (exact) mass is 494 g/mol. The summed E-state index contributed by atoms with van der Waals surface area (Å²) in [6.45, 7) is 1.13. The number of likely N-dealkylation sites (tertiary alicyclic amines) is 1. The van der Waals surface area contributed by atoms with Gasteiger partial charge in [-0.15, -0.1) is 0 Å². The molecule has 0 aromatic heterocycles. The molecule has 6 nitrogen and oxygen atoms in total. The fraction of sp³-hybridized carbons (Fsp3) is 0.682. The van der Waals surface area contributed by atoms with Crippen molar-refractivity contribution < 1.29 is 35.5 Å². The second-order valence-corrected chi connectivity index (χ2v) is 10.8. The first kappa shape index (κ1) is 25.7. The average molecular weight is 495 g/mol. The van der Waals surface area contributed by atoms with Gasteiger partial charge in [-0.05, 0) is 43.9 Å². The van der Waals surface area contributed by atoms with Crippen molar-refractivity contribution in [1.82, 2.24) is 9.62 Å². The summed E-state index contributed by atoms with van der Waals surface area (Å²) in [6, 6.07) is 5.95. The molecule has 1 heterocycles. The number of halogens is 4. The van der Waals surface area contributed by atoms with Gasteiger partial charge in [0.15, 0.2) is 0 Å². The van der Waals surface area contributed by atoms with E-state index in [1.54, 1.807) is 24.3 Å². The van der Waals surface area contributed by atoms with Crippen molar-refractivity contribution in [2.45, 2.75) is 63.3 Å². The number of nitrogens with one attached hydrogen (secondary N) is 1. The summed E-state index contributed by atoms with van der Waals surface area (Å²) in [5, 5.41) is 0. The van der Waals surface area contributed by atoms with Crippen LogP contribution in [-0.4, -0.2) is 63.1 Å². The molecule has 186 valence electrons. The van der Waals surface area contributed by atoms with Crippen LogP contribution in [0.2, 0.25) is 0 Å². The van der Waals surface area contributed by atoms with Gasteiger partial charge in [-0.3, -0.25) is 4.79 Å². The quantitative estimate of drug-likeness (QED) is 0.531. The van der Waals surface area contributed by atoms with Crippen molar-refractivity contribution in [1.29, 1.82) is 0 Å². The Morgan fingerprint density at radius 1 is 1.21 bits per heavy atom. The normalized spacial score (nSPS) is 25.9. The van der Waals surface area contributed by atoms with Gasteiger partial charge in [-0.25, -0.2) is 30.7 Å². The van der Waals surface area contributed by atoms with Crippen LogP contribution in [0.15, 0.2) is 24.3 Å². The van der Waals surface area contributed by atoms with Gasteiger partial charge in [-0.2, -0.15) is 0 Å². The van der Waals surface area contributed by atoms with Gasteiger partial charge in [0.1, 0.15) is 5.75 Å². The number of carbonyl (C=O) groups is 1. The van der Waals surface area contributed by atoms with Gasteiger partial charge in [-0.1, -0.05) is 12.1 Å². The van der Waals surface area contributed by atoms with Crippen molar-refractivity contribution in [2.24, 2.45) is 5.92 Å². The Balaban J connectivity index is 1.63. The van der Waals surface area contributed by atoms with Crippen molar-refractivity contribution in [3.63, 3.8) is 0 Å². The topological polar surface area (TPSA) is 75.7 Å². The Morgan fingerprint density at radius 2 is 1.91 bits per heavy atom. The maximum atomic E-state index is 14.0. The molecule has 2 fully saturated rings. The van der Waals surface area contributed by atoms with Gasteiger partial charge in [0.2, 0.25) is 21.9 Å². The molecule has 3 rings (SSSR count). The summed E-state index contributed by atoms with van der Waals surface area (Å²) in [7, 11) is -3.54. The van der Waals surface area contributed by atoms with Crippen LogP contribution >= 0.6 is 0 Å². The number of ether oxygens (including phenoxy) is 1. The molecule has 3 atom stereocenters. The maximum absolute atomic E-state index is 14.0. The standard InChI is InChI=1S/C22H30F4N2O4S/c1-2-33(30,31)27-19-9-10-22(25,26)12-16(19)14-32-17-7-5-15(6-8-17)18-4-3-11-28(21(18)29)13-20(23)24/h5-8,16,18-20,27H,2-4,9-14H2,1H3/t16-,18?,19-/m0/s1. The van der Waals surface area contributed by atoms with E-state index in [1.165, 1.54) is 11.8 Å². The lowest BCUT2D eigenvalue weighted by molar-refractivity contribution is -0.137. The lowest BCUT2D eigenvalue weighted by Gasteiger charge is -2.36. The second-order valence-electron chi connectivity index (χ2n) is 8.74. The molecule has 1 N–H and O–H groups in total. The SMILES string of the molecule is CCS(=O)(=O)N[C@H]1CCC(F)(F)C[C@H]1COc1ccc(C2CCCN(CC(F)F)C2=O)cc1. The molecule has 33 heavy (non-hydrogen) atoms. The van der Waals surface area contributed by atoms with E-state index in [-0.39, 0.29) is 31.1 Å². The number of hydrogen-bond acceptors (Lipinski definition) is 4. The summed E-state index contributed by atoms with van der Waals surface area (Å²) in [5.41, 5.74) is 0.684. The number of alkyl halides is 4. The zero-order chi connectivity index (χ0) is 24.2. The zero-order valence-electron chi connectivity index (χ0n) is 18.5. The molecule has 1 aromatic carbocycles. The molecule has 1 saturated heterocycles. The largest absolute Gasteiger partial charge is 0.493 e. The van der Waals surface area contributed by atoms with E-state index in [2.05, 4.69) is 4.72 Å². The minimum atomic E-state index is -3.54. The van der Waals surface area contributed by atoms with Crippen molar-refractivity contribution in [2.75, 3.05) is 25.4 Å². The predicted molar refractivity (Wildman–Crippen MR) is 115 cm³/mol. The molecular formula is C22H30F4N2O4S. The van der Waals surface area contributed by atoms with Gasteiger partial charge in [0.05, 0.1) is 24.8 Å². The van der Waals surface area contributed by atoms with Gasteiger partial charge in [0, 0.05) is 31.3 Å². The van der Waals surface area contributed by atoms with Crippen LogP contribution in [0.4, 0.5) is 17.6 Å².